The fourth-order valence-electron chi connectivity index (χ4n) is 1.53. The van der Waals surface area contributed by atoms with Crippen LogP contribution in [0.5, 0.6) is 11.5 Å². The zero-order valence-electron chi connectivity index (χ0n) is 11.7. The van der Waals surface area contributed by atoms with E-state index >= 15 is 0 Å². The monoisotopic (exact) mass is 264 g/mol. The molecule has 0 bridgehead atoms. The molecule has 19 heavy (non-hydrogen) atoms. The second-order valence-corrected chi connectivity index (χ2v) is 4.29. The smallest absolute Gasteiger partial charge is 0.253 e. The lowest BCUT2D eigenvalue weighted by Gasteiger charge is -2.12. The number of amides is 1. The molecule has 0 unspecified atom stereocenters. The highest BCUT2D eigenvalue weighted by atomic mass is 16.5. The van der Waals surface area contributed by atoms with E-state index in [2.05, 4.69) is 5.32 Å². The van der Waals surface area contributed by atoms with Gasteiger partial charge in [-0.1, -0.05) is 11.6 Å². The van der Waals surface area contributed by atoms with Crippen LogP contribution in [0.4, 0.5) is 5.69 Å². The molecule has 1 amide bonds. The van der Waals surface area contributed by atoms with E-state index in [1.807, 2.05) is 19.9 Å². The molecule has 5 heteroatoms. The molecule has 0 aliphatic rings. The summed E-state index contributed by atoms with van der Waals surface area (Å²) in [6, 6.07) is 3.15. The molecular weight excluding hydrogens is 244 g/mol. The van der Waals surface area contributed by atoms with Gasteiger partial charge < -0.3 is 20.5 Å². The van der Waals surface area contributed by atoms with E-state index in [-0.39, 0.29) is 5.91 Å². The Kier molecular flexibility index (Phi) is 5.23. The predicted octanol–water partition coefficient (Wildman–Crippen LogP) is 1.98. The molecule has 0 saturated heterocycles. The van der Waals surface area contributed by atoms with Crippen molar-refractivity contribution in [3.05, 3.63) is 29.3 Å². The molecule has 1 aromatic carbocycles. The number of methoxy groups -OCH3 is 2. The summed E-state index contributed by atoms with van der Waals surface area (Å²) in [4.78, 5) is 12.0. The predicted molar refractivity (Wildman–Crippen MR) is 75.7 cm³/mol. The van der Waals surface area contributed by atoms with E-state index in [0.717, 1.165) is 5.57 Å². The number of ether oxygens (including phenoxy) is 2. The van der Waals surface area contributed by atoms with Crippen LogP contribution in [-0.2, 0) is 0 Å². The molecule has 5 nitrogen and oxygen atoms in total. The Morgan fingerprint density at radius 3 is 2.37 bits per heavy atom. The second kappa shape index (κ2) is 6.68. The van der Waals surface area contributed by atoms with Crippen molar-refractivity contribution in [3.63, 3.8) is 0 Å². The molecular formula is C14H20N2O3. The van der Waals surface area contributed by atoms with Crippen LogP contribution in [0.15, 0.2) is 23.8 Å². The third kappa shape index (κ3) is 3.91. The van der Waals surface area contributed by atoms with Crippen molar-refractivity contribution in [3.8, 4) is 11.5 Å². The summed E-state index contributed by atoms with van der Waals surface area (Å²) >= 11 is 0. The maximum absolute atomic E-state index is 12.0. The van der Waals surface area contributed by atoms with Gasteiger partial charge in [0, 0.05) is 18.3 Å². The van der Waals surface area contributed by atoms with Gasteiger partial charge in [-0.25, -0.2) is 0 Å². The Morgan fingerprint density at radius 2 is 1.84 bits per heavy atom. The first-order valence-electron chi connectivity index (χ1n) is 5.92. The number of hydrogen-bond acceptors (Lipinski definition) is 4. The van der Waals surface area contributed by atoms with Crippen LogP contribution in [0.25, 0.3) is 0 Å². The summed E-state index contributed by atoms with van der Waals surface area (Å²) in [6.07, 6.45) is 1.93. The number of nitrogen functional groups attached to an aromatic ring is 1. The molecule has 1 rings (SSSR count). The van der Waals surface area contributed by atoms with E-state index in [1.54, 1.807) is 12.1 Å². The second-order valence-electron chi connectivity index (χ2n) is 4.29. The number of carbonyl (C=O) groups is 1. The molecule has 0 fully saturated rings. The van der Waals surface area contributed by atoms with Crippen LogP contribution >= 0.6 is 0 Å². The maximum Gasteiger partial charge on any atom is 0.253 e. The summed E-state index contributed by atoms with van der Waals surface area (Å²) in [5, 5.41) is 2.77. The van der Waals surface area contributed by atoms with Gasteiger partial charge in [0.15, 0.2) is 11.5 Å². The Bertz CT molecular complexity index is 492. The Labute approximate surface area is 113 Å². The average Bonchev–Trinajstić information content (AvgIpc) is 2.37. The van der Waals surface area contributed by atoms with Gasteiger partial charge in [0.25, 0.3) is 5.91 Å². The molecule has 0 heterocycles. The number of nitrogens with one attached hydrogen (secondary N) is 1. The van der Waals surface area contributed by atoms with E-state index in [4.69, 9.17) is 15.2 Å². The highest BCUT2D eigenvalue weighted by Crippen LogP contribution is 2.31. The van der Waals surface area contributed by atoms with Crippen LogP contribution in [0, 0.1) is 0 Å². The van der Waals surface area contributed by atoms with Gasteiger partial charge in [0.05, 0.1) is 19.8 Å². The van der Waals surface area contributed by atoms with Crippen LogP contribution in [0.3, 0.4) is 0 Å². The fourth-order valence-corrected chi connectivity index (χ4v) is 1.53. The van der Waals surface area contributed by atoms with E-state index in [1.165, 1.54) is 14.2 Å². The molecule has 0 atom stereocenters. The van der Waals surface area contributed by atoms with Gasteiger partial charge in [0.1, 0.15) is 0 Å². The Balaban J connectivity index is 2.94. The van der Waals surface area contributed by atoms with Gasteiger partial charge >= 0.3 is 0 Å². The van der Waals surface area contributed by atoms with Crippen LogP contribution < -0.4 is 20.5 Å². The van der Waals surface area contributed by atoms with Crippen LogP contribution in [-0.4, -0.2) is 26.7 Å². The molecule has 0 aliphatic heterocycles. The van der Waals surface area contributed by atoms with Crippen molar-refractivity contribution in [1.82, 2.24) is 5.32 Å². The Morgan fingerprint density at radius 1 is 1.26 bits per heavy atom. The fraction of sp³-hybridized carbons (Fsp3) is 0.357. The zero-order valence-corrected chi connectivity index (χ0v) is 11.7. The number of hydrogen-bond donors (Lipinski definition) is 2. The average molecular weight is 264 g/mol. The first kappa shape index (κ1) is 14.9. The molecule has 0 aliphatic carbocycles. The van der Waals surface area contributed by atoms with Crippen molar-refractivity contribution in [2.45, 2.75) is 13.8 Å². The van der Waals surface area contributed by atoms with Gasteiger partial charge in [-0.05, 0) is 19.9 Å². The Hall–Kier alpha value is -2.17. The summed E-state index contributed by atoms with van der Waals surface area (Å²) in [7, 11) is 3.03. The van der Waals surface area contributed by atoms with Gasteiger partial charge in [-0.15, -0.1) is 0 Å². The van der Waals surface area contributed by atoms with E-state index in [9.17, 15) is 4.79 Å². The van der Waals surface area contributed by atoms with Crippen molar-refractivity contribution >= 4 is 11.6 Å². The summed E-state index contributed by atoms with van der Waals surface area (Å²) in [6.45, 7) is 4.41. The standard InChI is InChI=1S/C14H20N2O3/c1-9(2)5-6-16-14(17)10-7-12(18-3)13(19-4)8-11(10)15/h5,7-8H,6,15H2,1-4H3,(H,16,17). The molecule has 0 spiro atoms. The molecule has 0 aromatic heterocycles. The summed E-state index contributed by atoms with van der Waals surface area (Å²) < 4.78 is 10.3. The van der Waals surface area contributed by atoms with Gasteiger partial charge in [-0.3, -0.25) is 4.79 Å². The van der Waals surface area contributed by atoms with E-state index < -0.39 is 0 Å². The van der Waals surface area contributed by atoms with Crippen LogP contribution in [0.1, 0.15) is 24.2 Å². The number of benzene rings is 1. The number of rotatable bonds is 5. The lowest BCUT2D eigenvalue weighted by Crippen LogP contribution is -2.24. The van der Waals surface area contributed by atoms with Crippen molar-refractivity contribution in [1.29, 1.82) is 0 Å². The minimum Gasteiger partial charge on any atom is -0.493 e. The quantitative estimate of drug-likeness (QED) is 0.630. The molecule has 0 saturated carbocycles. The van der Waals surface area contributed by atoms with Gasteiger partial charge in [0.2, 0.25) is 0 Å². The minimum atomic E-state index is -0.240. The largest absolute Gasteiger partial charge is 0.493 e. The van der Waals surface area contributed by atoms with Crippen LogP contribution in [0.2, 0.25) is 0 Å². The third-order valence-electron chi connectivity index (χ3n) is 2.57. The highest BCUT2D eigenvalue weighted by molar-refractivity contribution is 6.00. The number of anilines is 1. The molecule has 0 radical (unpaired) electrons. The first-order valence-corrected chi connectivity index (χ1v) is 5.92. The third-order valence-corrected chi connectivity index (χ3v) is 2.57. The molecule has 3 N–H and O–H groups in total. The molecule has 104 valence electrons. The van der Waals surface area contributed by atoms with E-state index in [0.29, 0.717) is 29.3 Å². The number of carbonyl (C=O) groups excluding carboxylic acids is 1. The molecule has 1 aromatic rings. The van der Waals surface area contributed by atoms with Crippen molar-refractivity contribution in [2.24, 2.45) is 0 Å². The summed E-state index contributed by atoms with van der Waals surface area (Å²) in [5.74, 6) is 0.737. The lowest BCUT2D eigenvalue weighted by atomic mass is 10.1. The minimum absolute atomic E-state index is 0.240. The summed E-state index contributed by atoms with van der Waals surface area (Å²) in [5.41, 5.74) is 7.71. The topological polar surface area (TPSA) is 73.6 Å². The highest BCUT2D eigenvalue weighted by Gasteiger charge is 2.14. The number of nitrogens with two attached hydrogens (primary N) is 1. The zero-order chi connectivity index (χ0) is 14.4. The lowest BCUT2D eigenvalue weighted by molar-refractivity contribution is 0.0958. The van der Waals surface area contributed by atoms with Gasteiger partial charge in [-0.2, -0.15) is 0 Å². The van der Waals surface area contributed by atoms with Crippen molar-refractivity contribution < 1.29 is 14.3 Å². The first-order chi connectivity index (χ1) is 8.99. The maximum atomic E-state index is 12.0. The normalized spacial score (nSPS) is 9.68. The number of allylic oxidation sites excluding steroid dienone is 1. The van der Waals surface area contributed by atoms with Crippen molar-refractivity contribution in [2.75, 3.05) is 26.5 Å². The SMILES string of the molecule is COc1cc(N)c(C(=O)NCC=C(C)C)cc1OC.